The van der Waals surface area contributed by atoms with Gasteiger partial charge in [0.1, 0.15) is 0 Å². The number of hydrogen-bond acceptors (Lipinski definition) is 4. The van der Waals surface area contributed by atoms with Gasteiger partial charge in [0.25, 0.3) is 0 Å². The maximum Gasteiger partial charge on any atom is 0.320 e. The number of aliphatic carboxylic acids is 2. The summed E-state index contributed by atoms with van der Waals surface area (Å²) < 4.78 is 0. The van der Waals surface area contributed by atoms with E-state index in [2.05, 4.69) is 5.32 Å². The topological polar surface area (TPSA) is 124 Å². The average molecular weight is 430 g/mol. The lowest BCUT2D eigenvalue weighted by atomic mass is 9.52. The van der Waals surface area contributed by atoms with Crippen LogP contribution in [0.4, 0.5) is 0 Å². The molecule has 0 aliphatic heterocycles. The Labute approximate surface area is 181 Å². The van der Waals surface area contributed by atoms with Crippen molar-refractivity contribution in [3.05, 3.63) is 0 Å². The molecule has 2 unspecified atom stereocenters. The summed E-state index contributed by atoms with van der Waals surface area (Å²) in [6, 6.07) is 0. The highest BCUT2D eigenvalue weighted by atomic mass is 16.4. The van der Waals surface area contributed by atoms with Crippen LogP contribution in [0.3, 0.4) is 0 Å². The van der Waals surface area contributed by atoms with E-state index in [1.165, 1.54) is 0 Å². The van der Waals surface area contributed by atoms with E-state index in [-0.39, 0.29) is 24.9 Å². The zero-order chi connectivity index (χ0) is 24.3. The fourth-order valence-electron chi connectivity index (χ4n) is 5.01. The summed E-state index contributed by atoms with van der Waals surface area (Å²) in [7, 11) is 0. The van der Waals surface area contributed by atoms with E-state index in [4.69, 9.17) is 0 Å². The molecule has 0 radical (unpaired) electrons. The standard InChI is InChI=1S/C23H43NO6/c1-15(13-20(5,6)17(27)28)23(18(29)30,21(7,8)14-19(2,3)4)16(26)24-22(9,10)11-12-25/h15,25H,11-14H2,1-10H3,(H,24,26)(H,27,28)(H,29,30). The van der Waals surface area contributed by atoms with E-state index in [9.17, 15) is 29.7 Å². The Kier molecular flexibility index (Phi) is 8.74. The molecule has 0 bridgehead atoms. The van der Waals surface area contributed by atoms with Gasteiger partial charge in [-0.25, -0.2) is 0 Å². The Morgan fingerprint density at radius 3 is 1.67 bits per heavy atom. The minimum absolute atomic E-state index is 0.0239. The van der Waals surface area contributed by atoms with Crippen LogP contribution >= 0.6 is 0 Å². The summed E-state index contributed by atoms with van der Waals surface area (Å²) in [6.07, 6.45) is 0.733. The molecule has 30 heavy (non-hydrogen) atoms. The van der Waals surface area contributed by atoms with Gasteiger partial charge in [0.2, 0.25) is 5.91 Å². The number of amides is 1. The number of carbonyl (C=O) groups excluding carboxylic acids is 1. The Hall–Kier alpha value is -1.63. The molecule has 7 nitrogen and oxygen atoms in total. The van der Waals surface area contributed by atoms with E-state index < -0.39 is 45.5 Å². The third-order valence-electron chi connectivity index (χ3n) is 6.06. The molecule has 0 aliphatic rings. The van der Waals surface area contributed by atoms with Crippen LogP contribution in [0.15, 0.2) is 0 Å². The first-order valence-corrected chi connectivity index (χ1v) is 10.6. The Morgan fingerprint density at radius 1 is 0.867 bits per heavy atom. The molecule has 176 valence electrons. The van der Waals surface area contributed by atoms with Gasteiger partial charge in [-0.15, -0.1) is 0 Å². The molecule has 0 spiro atoms. The van der Waals surface area contributed by atoms with Crippen LogP contribution in [-0.4, -0.2) is 45.3 Å². The van der Waals surface area contributed by atoms with Crippen molar-refractivity contribution in [1.29, 1.82) is 0 Å². The predicted octanol–water partition coefficient (Wildman–Crippen LogP) is 3.93. The quantitative estimate of drug-likeness (QED) is 0.369. The molecule has 4 N–H and O–H groups in total. The first-order valence-electron chi connectivity index (χ1n) is 10.6. The summed E-state index contributed by atoms with van der Waals surface area (Å²) in [5.41, 5.74) is -5.11. The van der Waals surface area contributed by atoms with Crippen molar-refractivity contribution in [3.63, 3.8) is 0 Å². The van der Waals surface area contributed by atoms with Gasteiger partial charge < -0.3 is 20.6 Å². The predicted molar refractivity (Wildman–Crippen MR) is 117 cm³/mol. The lowest BCUT2D eigenvalue weighted by molar-refractivity contribution is -0.176. The number of aliphatic hydroxyl groups excluding tert-OH is 1. The molecule has 0 saturated carbocycles. The number of carbonyl (C=O) groups is 3. The second-order valence-corrected chi connectivity index (χ2v) is 11.8. The van der Waals surface area contributed by atoms with Crippen molar-refractivity contribution in [2.24, 2.45) is 27.6 Å². The zero-order valence-corrected chi connectivity index (χ0v) is 20.5. The molecular weight excluding hydrogens is 386 g/mol. The molecule has 0 aromatic heterocycles. The maximum absolute atomic E-state index is 13.7. The van der Waals surface area contributed by atoms with Gasteiger partial charge in [0.05, 0.1) is 5.41 Å². The highest BCUT2D eigenvalue weighted by Crippen LogP contribution is 2.54. The molecule has 0 aromatic carbocycles. The van der Waals surface area contributed by atoms with Crippen LogP contribution in [0, 0.1) is 27.6 Å². The monoisotopic (exact) mass is 429 g/mol. The third kappa shape index (κ3) is 6.43. The SMILES string of the molecule is CC(CC(C)(C)C(=O)O)C(C(=O)O)(C(=O)NC(C)(C)CCO)C(C)(C)CC(C)(C)C. The smallest absolute Gasteiger partial charge is 0.320 e. The van der Waals surface area contributed by atoms with Crippen LogP contribution < -0.4 is 5.32 Å². The highest BCUT2D eigenvalue weighted by Gasteiger charge is 2.62. The van der Waals surface area contributed by atoms with E-state index in [1.807, 2.05) is 20.8 Å². The van der Waals surface area contributed by atoms with Gasteiger partial charge in [-0.1, -0.05) is 41.5 Å². The summed E-state index contributed by atoms with van der Waals surface area (Å²) in [6.45, 7) is 17.6. The van der Waals surface area contributed by atoms with E-state index >= 15 is 0 Å². The van der Waals surface area contributed by atoms with Crippen molar-refractivity contribution in [1.82, 2.24) is 5.32 Å². The lowest BCUT2D eigenvalue weighted by Gasteiger charge is -2.50. The summed E-state index contributed by atoms with van der Waals surface area (Å²) >= 11 is 0. The molecule has 0 rings (SSSR count). The molecule has 2 atom stereocenters. The van der Waals surface area contributed by atoms with E-state index in [0.29, 0.717) is 6.42 Å². The Bertz CT molecular complexity index is 645. The highest BCUT2D eigenvalue weighted by molar-refractivity contribution is 6.03. The fraction of sp³-hybridized carbons (Fsp3) is 0.870. The Balaban J connectivity index is 6.69. The van der Waals surface area contributed by atoms with Crippen molar-refractivity contribution in [2.75, 3.05) is 6.61 Å². The molecule has 1 amide bonds. The van der Waals surface area contributed by atoms with Gasteiger partial charge >= 0.3 is 11.9 Å². The molecule has 0 fully saturated rings. The molecular formula is C23H43NO6. The van der Waals surface area contributed by atoms with Gasteiger partial charge in [-0.2, -0.15) is 0 Å². The first-order chi connectivity index (χ1) is 13.2. The maximum atomic E-state index is 13.7. The molecule has 7 heteroatoms. The second kappa shape index (κ2) is 9.25. The summed E-state index contributed by atoms with van der Waals surface area (Å²) in [4.78, 5) is 38.3. The van der Waals surface area contributed by atoms with E-state index in [0.717, 1.165) is 0 Å². The van der Waals surface area contributed by atoms with Crippen molar-refractivity contribution in [2.45, 2.75) is 94.0 Å². The second-order valence-electron chi connectivity index (χ2n) is 11.8. The van der Waals surface area contributed by atoms with Crippen molar-refractivity contribution < 1.29 is 29.7 Å². The third-order valence-corrected chi connectivity index (χ3v) is 6.06. The van der Waals surface area contributed by atoms with Gasteiger partial charge in [0, 0.05) is 12.1 Å². The van der Waals surface area contributed by atoms with Crippen LogP contribution in [0.1, 0.15) is 88.5 Å². The van der Waals surface area contributed by atoms with Crippen LogP contribution in [-0.2, 0) is 14.4 Å². The van der Waals surface area contributed by atoms with Crippen molar-refractivity contribution in [3.8, 4) is 0 Å². The minimum atomic E-state index is -1.86. The van der Waals surface area contributed by atoms with Crippen molar-refractivity contribution >= 4 is 17.8 Å². The van der Waals surface area contributed by atoms with Gasteiger partial charge in [-0.05, 0) is 63.7 Å². The Morgan fingerprint density at radius 2 is 1.33 bits per heavy atom. The number of carboxylic acid groups (broad SMARTS) is 2. The molecule has 0 saturated heterocycles. The number of hydrogen-bond donors (Lipinski definition) is 4. The molecule has 0 heterocycles. The largest absolute Gasteiger partial charge is 0.481 e. The fourth-order valence-corrected chi connectivity index (χ4v) is 5.01. The van der Waals surface area contributed by atoms with Crippen LogP contribution in [0.5, 0.6) is 0 Å². The van der Waals surface area contributed by atoms with Crippen LogP contribution in [0.25, 0.3) is 0 Å². The average Bonchev–Trinajstić information content (AvgIpc) is 2.42. The summed E-state index contributed by atoms with van der Waals surface area (Å²) in [5, 5.41) is 32.3. The number of carboxylic acids is 2. The lowest BCUT2D eigenvalue weighted by Crippen LogP contribution is -2.63. The molecule has 0 aromatic rings. The normalized spacial score (nSPS) is 16.5. The molecule has 0 aliphatic carbocycles. The minimum Gasteiger partial charge on any atom is -0.481 e. The first kappa shape index (κ1) is 28.4. The number of nitrogens with one attached hydrogen (secondary N) is 1. The zero-order valence-electron chi connectivity index (χ0n) is 20.5. The number of aliphatic hydroxyl groups is 1. The van der Waals surface area contributed by atoms with E-state index in [1.54, 1.807) is 48.5 Å². The van der Waals surface area contributed by atoms with Crippen LogP contribution in [0.2, 0.25) is 0 Å². The summed E-state index contributed by atoms with van der Waals surface area (Å²) in [5.74, 6) is -3.70. The van der Waals surface area contributed by atoms with Gasteiger partial charge in [0.15, 0.2) is 5.41 Å². The van der Waals surface area contributed by atoms with Gasteiger partial charge in [-0.3, -0.25) is 14.4 Å². The number of rotatable bonds is 11.